The van der Waals surface area contributed by atoms with Crippen LogP contribution in [-0.4, -0.2) is 21.3 Å². The molecule has 0 spiro atoms. The first-order valence-electron chi connectivity index (χ1n) is 6.00. The van der Waals surface area contributed by atoms with Gasteiger partial charge in [0.15, 0.2) is 0 Å². The molecule has 4 nitrogen and oxygen atoms in total. The van der Waals surface area contributed by atoms with Gasteiger partial charge in [0.25, 0.3) is 0 Å². The Kier molecular flexibility index (Phi) is 3.31. The molecule has 5 heteroatoms. The molecule has 2 aromatic carbocycles. The maximum absolute atomic E-state index is 10.6. The van der Waals surface area contributed by atoms with Crippen molar-refractivity contribution in [3.8, 4) is 16.9 Å². The number of aldehydes is 1. The fourth-order valence-electron chi connectivity index (χ4n) is 1.87. The molecule has 0 saturated carbocycles. The van der Waals surface area contributed by atoms with Gasteiger partial charge in [-0.25, -0.2) is 4.68 Å². The van der Waals surface area contributed by atoms with Crippen LogP contribution >= 0.6 is 11.6 Å². The zero-order valence-corrected chi connectivity index (χ0v) is 11.2. The van der Waals surface area contributed by atoms with E-state index in [1.807, 2.05) is 36.5 Å². The number of nitrogens with zero attached hydrogens (tertiary/aromatic N) is 3. The summed E-state index contributed by atoms with van der Waals surface area (Å²) in [6.07, 6.45) is 2.63. The average Bonchev–Trinajstić information content (AvgIpc) is 2.97. The van der Waals surface area contributed by atoms with E-state index in [4.69, 9.17) is 11.6 Å². The van der Waals surface area contributed by atoms with Gasteiger partial charge >= 0.3 is 0 Å². The molecule has 0 N–H and O–H groups in total. The lowest BCUT2D eigenvalue weighted by atomic mass is 10.1. The van der Waals surface area contributed by atoms with Gasteiger partial charge < -0.3 is 0 Å². The molecular formula is C15H10ClN3O. The normalized spacial score (nSPS) is 10.4. The van der Waals surface area contributed by atoms with Crippen molar-refractivity contribution in [1.82, 2.24) is 15.0 Å². The first-order valence-corrected chi connectivity index (χ1v) is 6.38. The molecule has 0 bridgehead atoms. The van der Waals surface area contributed by atoms with Gasteiger partial charge in [0.05, 0.1) is 11.9 Å². The molecule has 3 rings (SSSR count). The van der Waals surface area contributed by atoms with Gasteiger partial charge in [0.1, 0.15) is 12.0 Å². The van der Waals surface area contributed by atoms with E-state index >= 15 is 0 Å². The maximum atomic E-state index is 10.6. The predicted molar refractivity (Wildman–Crippen MR) is 77.2 cm³/mol. The van der Waals surface area contributed by atoms with Gasteiger partial charge in [-0.2, -0.15) is 0 Å². The molecule has 3 aromatic rings. The molecule has 0 aliphatic heterocycles. The third kappa shape index (κ3) is 2.46. The number of carbonyl (C=O) groups excluding carboxylic acids is 1. The van der Waals surface area contributed by atoms with Gasteiger partial charge in [-0.1, -0.05) is 47.1 Å². The number of benzene rings is 2. The highest BCUT2D eigenvalue weighted by molar-refractivity contribution is 6.30. The molecule has 0 aliphatic rings. The van der Waals surface area contributed by atoms with E-state index in [1.54, 1.807) is 22.9 Å². The Balaban J connectivity index is 1.95. The third-order valence-electron chi connectivity index (χ3n) is 2.91. The summed E-state index contributed by atoms with van der Waals surface area (Å²) in [6.45, 7) is 0. The molecule has 98 valence electrons. The lowest BCUT2D eigenvalue weighted by molar-refractivity contribution is 0.112. The number of halogens is 1. The molecule has 1 aromatic heterocycles. The van der Waals surface area contributed by atoms with Crippen LogP contribution in [0.15, 0.2) is 54.7 Å². The minimum absolute atomic E-state index is 0.635. The maximum Gasteiger partial charge on any atom is 0.150 e. The summed E-state index contributed by atoms with van der Waals surface area (Å²) in [5.74, 6) is 0. The first-order chi connectivity index (χ1) is 9.76. The lowest BCUT2D eigenvalue weighted by Crippen LogP contribution is -1.93. The molecule has 0 atom stereocenters. The van der Waals surface area contributed by atoms with Crippen molar-refractivity contribution < 1.29 is 4.79 Å². The van der Waals surface area contributed by atoms with Gasteiger partial charge in [-0.3, -0.25) is 4.79 Å². The van der Waals surface area contributed by atoms with E-state index in [0.29, 0.717) is 10.6 Å². The van der Waals surface area contributed by atoms with Crippen molar-refractivity contribution in [3.63, 3.8) is 0 Å². The minimum atomic E-state index is 0.635. The Morgan fingerprint density at radius 3 is 2.60 bits per heavy atom. The molecule has 1 heterocycles. The van der Waals surface area contributed by atoms with Gasteiger partial charge in [0.2, 0.25) is 0 Å². The fourth-order valence-corrected chi connectivity index (χ4v) is 2.06. The van der Waals surface area contributed by atoms with Crippen LogP contribution in [0.5, 0.6) is 0 Å². The SMILES string of the molecule is O=Cc1ccc(-c2cn(-c3cccc(Cl)c3)nn2)cc1. The molecule has 20 heavy (non-hydrogen) atoms. The molecule has 0 fully saturated rings. The van der Waals surface area contributed by atoms with E-state index in [2.05, 4.69) is 10.3 Å². The number of carbonyl (C=O) groups is 1. The monoisotopic (exact) mass is 283 g/mol. The number of hydrogen-bond donors (Lipinski definition) is 0. The van der Waals surface area contributed by atoms with Crippen molar-refractivity contribution in [1.29, 1.82) is 0 Å². The molecule has 0 radical (unpaired) electrons. The summed E-state index contributed by atoms with van der Waals surface area (Å²) in [4.78, 5) is 10.6. The van der Waals surface area contributed by atoms with Crippen molar-refractivity contribution >= 4 is 17.9 Å². The second-order valence-corrected chi connectivity index (χ2v) is 4.70. The van der Waals surface area contributed by atoms with Gasteiger partial charge in [-0.05, 0) is 18.2 Å². The highest BCUT2D eigenvalue weighted by Crippen LogP contribution is 2.19. The zero-order chi connectivity index (χ0) is 13.9. The molecule has 0 amide bonds. The quantitative estimate of drug-likeness (QED) is 0.692. The second kappa shape index (κ2) is 5.27. The van der Waals surface area contributed by atoms with Crippen molar-refractivity contribution in [3.05, 3.63) is 65.3 Å². The van der Waals surface area contributed by atoms with Crippen LogP contribution in [0.2, 0.25) is 5.02 Å². The van der Waals surface area contributed by atoms with E-state index in [-0.39, 0.29) is 0 Å². The minimum Gasteiger partial charge on any atom is -0.298 e. The topological polar surface area (TPSA) is 47.8 Å². The number of rotatable bonds is 3. The number of aromatic nitrogens is 3. The number of hydrogen-bond acceptors (Lipinski definition) is 3. The average molecular weight is 284 g/mol. The zero-order valence-electron chi connectivity index (χ0n) is 10.4. The Morgan fingerprint density at radius 2 is 1.90 bits per heavy atom. The van der Waals surface area contributed by atoms with Crippen LogP contribution in [0.25, 0.3) is 16.9 Å². The van der Waals surface area contributed by atoms with Crippen LogP contribution < -0.4 is 0 Å². The fraction of sp³-hybridized carbons (Fsp3) is 0. The summed E-state index contributed by atoms with van der Waals surface area (Å²) in [7, 11) is 0. The summed E-state index contributed by atoms with van der Waals surface area (Å²) in [6, 6.07) is 14.6. The van der Waals surface area contributed by atoms with Crippen molar-refractivity contribution in [2.24, 2.45) is 0 Å². The van der Waals surface area contributed by atoms with E-state index in [1.165, 1.54) is 0 Å². The second-order valence-electron chi connectivity index (χ2n) is 4.27. The van der Waals surface area contributed by atoms with Crippen LogP contribution in [-0.2, 0) is 0 Å². The van der Waals surface area contributed by atoms with Crippen LogP contribution in [0.4, 0.5) is 0 Å². The first kappa shape index (κ1) is 12.6. The highest BCUT2D eigenvalue weighted by atomic mass is 35.5. The van der Waals surface area contributed by atoms with Crippen LogP contribution in [0, 0.1) is 0 Å². The van der Waals surface area contributed by atoms with Crippen LogP contribution in [0.3, 0.4) is 0 Å². The molecular weight excluding hydrogens is 274 g/mol. The lowest BCUT2D eigenvalue weighted by Gasteiger charge is -1.99. The van der Waals surface area contributed by atoms with Crippen LogP contribution in [0.1, 0.15) is 10.4 Å². The molecule has 0 unspecified atom stereocenters. The van der Waals surface area contributed by atoms with E-state index < -0.39 is 0 Å². The molecule has 0 aliphatic carbocycles. The summed E-state index contributed by atoms with van der Waals surface area (Å²) >= 11 is 5.96. The third-order valence-corrected chi connectivity index (χ3v) is 3.14. The summed E-state index contributed by atoms with van der Waals surface area (Å²) < 4.78 is 1.66. The van der Waals surface area contributed by atoms with E-state index in [0.717, 1.165) is 23.2 Å². The van der Waals surface area contributed by atoms with Gasteiger partial charge in [-0.15, -0.1) is 5.10 Å². The van der Waals surface area contributed by atoms with Crippen molar-refractivity contribution in [2.45, 2.75) is 0 Å². The Labute approximate surface area is 120 Å². The Bertz CT molecular complexity index is 750. The molecule has 0 saturated heterocycles. The van der Waals surface area contributed by atoms with E-state index in [9.17, 15) is 4.79 Å². The Hall–Kier alpha value is -2.46. The smallest absolute Gasteiger partial charge is 0.150 e. The standard InChI is InChI=1S/C15H10ClN3O/c16-13-2-1-3-14(8-13)19-9-15(17-18-19)12-6-4-11(10-20)5-7-12/h1-10H. The summed E-state index contributed by atoms with van der Waals surface area (Å²) in [5.41, 5.74) is 3.13. The van der Waals surface area contributed by atoms with Gasteiger partial charge in [0, 0.05) is 16.1 Å². The largest absolute Gasteiger partial charge is 0.298 e. The predicted octanol–water partition coefficient (Wildman–Crippen LogP) is 3.40. The summed E-state index contributed by atoms with van der Waals surface area (Å²) in [5, 5.41) is 8.86. The van der Waals surface area contributed by atoms with Crippen molar-refractivity contribution in [2.75, 3.05) is 0 Å². The highest BCUT2D eigenvalue weighted by Gasteiger charge is 2.05. The Morgan fingerprint density at radius 1 is 1.10 bits per heavy atom.